The second-order valence-electron chi connectivity index (χ2n) is 4.59. The third kappa shape index (κ3) is 4.31. The fourth-order valence-electron chi connectivity index (χ4n) is 2.19. The Bertz CT molecular complexity index is 363. The van der Waals surface area contributed by atoms with Crippen molar-refractivity contribution in [1.29, 1.82) is 0 Å². The van der Waals surface area contributed by atoms with E-state index in [2.05, 4.69) is 4.90 Å². The van der Waals surface area contributed by atoms with Crippen LogP contribution in [0.25, 0.3) is 0 Å². The van der Waals surface area contributed by atoms with Crippen LogP contribution in [-0.4, -0.2) is 36.6 Å². The van der Waals surface area contributed by atoms with Crippen LogP contribution in [0.3, 0.4) is 0 Å². The first-order valence-electron chi connectivity index (χ1n) is 6.24. The smallest absolute Gasteiger partial charge is 0.338 e. The number of nitrogens with zero attached hydrogens (tertiary/aromatic N) is 1. The third-order valence-corrected chi connectivity index (χ3v) is 3.03. The number of carbonyl (C=O) groups excluding carboxylic acids is 1. The van der Waals surface area contributed by atoms with Gasteiger partial charge in [-0.1, -0.05) is 18.2 Å². The Labute approximate surface area is 115 Å². The van der Waals surface area contributed by atoms with Gasteiger partial charge in [0.05, 0.1) is 5.56 Å². The maximum atomic E-state index is 11.8. The second-order valence-corrected chi connectivity index (χ2v) is 4.59. The van der Waals surface area contributed by atoms with Crippen molar-refractivity contribution in [3.05, 3.63) is 35.9 Å². The van der Waals surface area contributed by atoms with Gasteiger partial charge in [0, 0.05) is 6.54 Å². The first-order chi connectivity index (χ1) is 8.25. The van der Waals surface area contributed by atoms with E-state index < -0.39 is 0 Å². The lowest BCUT2D eigenvalue weighted by Gasteiger charge is -2.20. The zero-order chi connectivity index (χ0) is 12.1. The summed E-state index contributed by atoms with van der Waals surface area (Å²) in [5, 5.41) is 0. The summed E-state index contributed by atoms with van der Waals surface area (Å²) in [4.78, 5) is 14.1. The van der Waals surface area contributed by atoms with Gasteiger partial charge in [0.25, 0.3) is 0 Å². The van der Waals surface area contributed by atoms with Crippen LogP contribution in [0.2, 0.25) is 0 Å². The standard InChI is InChI=1S/C14H19NO2.ClH/c1-12(11-15-9-5-6-10-15)17-14(16)13-7-3-2-4-8-13;/h2-4,7-8,12H,5-6,9-11H2,1H3;1H. The highest BCUT2D eigenvalue weighted by Crippen LogP contribution is 2.10. The molecule has 1 saturated heterocycles. The molecule has 0 amide bonds. The summed E-state index contributed by atoms with van der Waals surface area (Å²) in [7, 11) is 0. The predicted octanol–water partition coefficient (Wildman–Crippen LogP) is 2.75. The van der Waals surface area contributed by atoms with Gasteiger partial charge in [0.2, 0.25) is 0 Å². The molecule has 1 aliphatic heterocycles. The number of carbonyl (C=O) groups is 1. The molecule has 100 valence electrons. The number of esters is 1. The largest absolute Gasteiger partial charge is 0.458 e. The number of rotatable bonds is 4. The number of ether oxygens (including phenoxy) is 1. The summed E-state index contributed by atoms with van der Waals surface area (Å²) in [5.74, 6) is -0.225. The topological polar surface area (TPSA) is 29.5 Å². The average molecular weight is 270 g/mol. The summed E-state index contributed by atoms with van der Waals surface area (Å²) >= 11 is 0. The van der Waals surface area contributed by atoms with E-state index in [-0.39, 0.29) is 24.5 Å². The van der Waals surface area contributed by atoms with Crippen LogP contribution in [0, 0.1) is 0 Å². The molecule has 1 aliphatic rings. The molecule has 0 radical (unpaired) electrons. The summed E-state index contributed by atoms with van der Waals surface area (Å²) in [5.41, 5.74) is 0.626. The first-order valence-corrected chi connectivity index (χ1v) is 6.24. The lowest BCUT2D eigenvalue weighted by molar-refractivity contribution is 0.0271. The van der Waals surface area contributed by atoms with Gasteiger partial charge in [0.1, 0.15) is 6.10 Å². The molecule has 3 nitrogen and oxygen atoms in total. The molecule has 1 heterocycles. The van der Waals surface area contributed by atoms with Gasteiger partial charge in [-0.05, 0) is 45.0 Å². The van der Waals surface area contributed by atoms with E-state index in [0.717, 1.165) is 19.6 Å². The van der Waals surface area contributed by atoms with E-state index in [4.69, 9.17) is 4.74 Å². The second kappa shape index (κ2) is 7.39. The highest BCUT2D eigenvalue weighted by Gasteiger charge is 2.17. The van der Waals surface area contributed by atoms with Crippen molar-refractivity contribution < 1.29 is 9.53 Å². The maximum Gasteiger partial charge on any atom is 0.338 e. The minimum absolute atomic E-state index is 0. The average Bonchev–Trinajstić information content (AvgIpc) is 2.82. The molecule has 1 aromatic rings. The molecule has 0 saturated carbocycles. The van der Waals surface area contributed by atoms with Crippen LogP contribution >= 0.6 is 12.4 Å². The van der Waals surface area contributed by atoms with Crippen LogP contribution in [0.4, 0.5) is 0 Å². The molecule has 18 heavy (non-hydrogen) atoms. The molecule has 0 aliphatic carbocycles. The minimum Gasteiger partial charge on any atom is -0.458 e. The van der Waals surface area contributed by atoms with E-state index in [9.17, 15) is 4.79 Å². The Morgan fingerprint density at radius 1 is 1.28 bits per heavy atom. The van der Waals surface area contributed by atoms with Crippen molar-refractivity contribution in [2.45, 2.75) is 25.9 Å². The number of halogens is 1. The molecular formula is C14H20ClNO2. The van der Waals surface area contributed by atoms with Gasteiger partial charge < -0.3 is 4.74 Å². The van der Waals surface area contributed by atoms with E-state index in [1.54, 1.807) is 12.1 Å². The number of hydrogen-bond acceptors (Lipinski definition) is 3. The van der Waals surface area contributed by atoms with Gasteiger partial charge in [-0.25, -0.2) is 4.79 Å². The minimum atomic E-state index is -0.225. The Balaban J connectivity index is 0.00000162. The molecule has 0 bridgehead atoms. The quantitative estimate of drug-likeness (QED) is 0.787. The molecular weight excluding hydrogens is 250 g/mol. The molecule has 1 aromatic carbocycles. The Hall–Kier alpha value is -1.06. The van der Waals surface area contributed by atoms with Crippen molar-refractivity contribution >= 4 is 18.4 Å². The highest BCUT2D eigenvalue weighted by molar-refractivity contribution is 5.89. The maximum absolute atomic E-state index is 11.8. The molecule has 0 N–H and O–H groups in total. The van der Waals surface area contributed by atoms with Gasteiger partial charge in [-0.15, -0.1) is 12.4 Å². The van der Waals surface area contributed by atoms with Crippen molar-refractivity contribution in [3.8, 4) is 0 Å². The molecule has 2 rings (SSSR count). The lowest BCUT2D eigenvalue weighted by atomic mass is 10.2. The van der Waals surface area contributed by atoms with Gasteiger partial charge in [-0.3, -0.25) is 4.90 Å². The van der Waals surface area contributed by atoms with E-state index >= 15 is 0 Å². The molecule has 1 fully saturated rings. The molecule has 0 spiro atoms. The first kappa shape index (κ1) is 15.0. The molecule has 1 atom stereocenters. The summed E-state index contributed by atoms with van der Waals surface area (Å²) in [6, 6.07) is 9.16. The number of benzene rings is 1. The normalized spacial score (nSPS) is 16.9. The Kier molecular flexibility index (Phi) is 6.16. The zero-order valence-corrected chi connectivity index (χ0v) is 11.5. The molecule has 0 aromatic heterocycles. The van der Waals surface area contributed by atoms with E-state index in [0.29, 0.717) is 5.56 Å². The van der Waals surface area contributed by atoms with Crippen LogP contribution in [-0.2, 0) is 4.74 Å². The Morgan fingerprint density at radius 2 is 1.89 bits per heavy atom. The van der Waals surface area contributed by atoms with Crippen molar-refractivity contribution in [3.63, 3.8) is 0 Å². The fraction of sp³-hybridized carbons (Fsp3) is 0.500. The van der Waals surface area contributed by atoms with Crippen LogP contribution in [0.5, 0.6) is 0 Å². The highest BCUT2D eigenvalue weighted by atomic mass is 35.5. The SMILES string of the molecule is CC(CN1CCCC1)OC(=O)c1ccccc1.Cl. The van der Waals surface area contributed by atoms with Gasteiger partial charge in [-0.2, -0.15) is 0 Å². The van der Waals surface area contributed by atoms with Crippen LogP contribution in [0.15, 0.2) is 30.3 Å². The Morgan fingerprint density at radius 3 is 2.50 bits per heavy atom. The van der Waals surface area contributed by atoms with E-state index in [1.807, 2.05) is 25.1 Å². The van der Waals surface area contributed by atoms with Gasteiger partial charge >= 0.3 is 5.97 Å². The number of hydrogen-bond donors (Lipinski definition) is 0. The van der Waals surface area contributed by atoms with Gasteiger partial charge in [0.15, 0.2) is 0 Å². The van der Waals surface area contributed by atoms with Crippen LogP contribution in [0.1, 0.15) is 30.1 Å². The fourth-order valence-corrected chi connectivity index (χ4v) is 2.19. The van der Waals surface area contributed by atoms with Crippen molar-refractivity contribution in [2.24, 2.45) is 0 Å². The lowest BCUT2D eigenvalue weighted by Crippen LogP contribution is -2.31. The van der Waals surface area contributed by atoms with Crippen molar-refractivity contribution in [1.82, 2.24) is 4.90 Å². The zero-order valence-electron chi connectivity index (χ0n) is 10.7. The summed E-state index contributed by atoms with van der Waals surface area (Å²) in [6.45, 7) is 5.07. The summed E-state index contributed by atoms with van der Waals surface area (Å²) < 4.78 is 5.42. The third-order valence-electron chi connectivity index (χ3n) is 3.03. The van der Waals surface area contributed by atoms with Crippen molar-refractivity contribution in [2.75, 3.05) is 19.6 Å². The molecule has 1 unspecified atom stereocenters. The van der Waals surface area contributed by atoms with E-state index in [1.165, 1.54) is 12.8 Å². The molecule has 4 heteroatoms. The number of likely N-dealkylation sites (tertiary alicyclic amines) is 1. The monoisotopic (exact) mass is 269 g/mol. The predicted molar refractivity (Wildman–Crippen MR) is 74.2 cm³/mol. The summed E-state index contributed by atoms with van der Waals surface area (Å²) in [6.07, 6.45) is 2.49. The van der Waals surface area contributed by atoms with Crippen LogP contribution < -0.4 is 0 Å².